The summed E-state index contributed by atoms with van der Waals surface area (Å²) in [6, 6.07) is 14.0. The second-order valence-electron chi connectivity index (χ2n) is 9.80. The first-order valence-electron chi connectivity index (χ1n) is 11.8. The van der Waals surface area contributed by atoms with Gasteiger partial charge in [0.05, 0.1) is 0 Å². The minimum absolute atomic E-state index is 0.104. The molecule has 0 aliphatic heterocycles. The number of hydrogen-bond donors (Lipinski definition) is 3. The van der Waals surface area contributed by atoms with Crippen LogP contribution in [0.3, 0.4) is 0 Å². The number of aliphatic carboxylic acids is 1. The van der Waals surface area contributed by atoms with Crippen LogP contribution in [0.25, 0.3) is 11.1 Å². The molecule has 3 rings (SSSR count). The number of fused-ring (bicyclic) bond motifs is 3. The Labute approximate surface area is 206 Å². The monoisotopic (exact) mass is 482 g/mol. The molecular weight excluding hydrogens is 448 g/mol. The second kappa shape index (κ2) is 11.4. The topological polar surface area (TPSA) is 114 Å². The molecule has 0 bridgehead atoms. The predicted molar refractivity (Wildman–Crippen MR) is 132 cm³/mol. The van der Waals surface area contributed by atoms with Gasteiger partial charge in [-0.3, -0.25) is 4.79 Å². The molecule has 3 N–H and O–H groups in total. The minimum Gasteiger partial charge on any atom is -0.480 e. The molecule has 8 nitrogen and oxygen atoms in total. The lowest BCUT2D eigenvalue weighted by atomic mass is 9.86. The maximum absolute atomic E-state index is 13.0. The van der Waals surface area contributed by atoms with Gasteiger partial charge >= 0.3 is 12.1 Å². The smallest absolute Gasteiger partial charge is 0.407 e. The molecule has 0 saturated heterocycles. The standard InChI is InChI=1S/C27H34N2O6/c1-27(2,3)23(24(30)28-22(25(31)32)14-9-15-34-4)29-26(33)35-16-21-19-12-7-5-10-17(19)18-11-6-8-13-20(18)21/h5-8,10-13,21-23H,9,14-16H2,1-4H3,(H,28,30)(H,29,33)(H,31,32). The fourth-order valence-electron chi connectivity index (χ4n) is 4.38. The number of hydrogen-bond acceptors (Lipinski definition) is 5. The summed E-state index contributed by atoms with van der Waals surface area (Å²) in [7, 11) is 1.53. The van der Waals surface area contributed by atoms with Crippen molar-refractivity contribution in [2.45, 2.75) is 51.6 Å². The molecule has 0 spiro atoms. The Morgan fingerprint density at radius 2 is 1.54 bits per heavy atom. The summed E-state index contributed by atoms with van der Waals surface area (Å²) >= 11 is 0. The van der Waals surface area contributed by atoms with E-state index >= 15 is 0 Å². The van der Waals surface area contributed by atoms with Crippen LogP contribution < -0.4 is 10.6 Å². The summed E-state index contributed by atoms with van der Waals surface area (Å²) in [4.78, 5) is 37.4. The van der Waals surface area contributed by atoms with Crippen LogP contribution in [0, 0.1) is 5.41 Å². The zero-order valence-electron chi connectivity index (χ0n) is 20.7. The van der Waals surface area contributed by atoms with Gasteiger partial charge in [-0.05, 0) is 40.5 Å². The fraction of sp³-hybridized carbons (Fsp3) is 0.444. The third kappa shape index (κ3) is 6.39. The molecule has 1 aliphatic rings. The van der Waals surface area contributed by atoms with Crippen LogP contribution in [0.15, 0.2) is 48.5 Å². The highest BCUT2D eigenvalue weighted by Crippen LogP contribution is 2.44. The molecule has 0 heterocycles. The van der Waals surface area contributed by atoms with Crippen molar-refractivity contribution in [3.05, 3.63) is 59.7 Å². The molecule has 188 valence electrons. The van der Waals surface area contributed by atoms with Gasteiger partial charge < -0.3 is 25.2 Å². The maximum Gasteiger partial charge on any atom is 0.407 e. The molecule has 0 aromatic heterocycles. The molecule has 35 heavy (non-hydrogen) atoms. The van der Waals surface area contributed by atoms with Crippen molar-refractivity contribution in [1.29, 1.82) is 0 Å². The minimum atomic E-state index is -1.14. The highest BCUT2D eigenvalue weighted by atomic mass is 16.5. The highest BCUT2D eigenvalue weighted by molar-refractivity contribution is 5.90. The molecule has 0 fully saturated rings. The van der Waals surface area contributed by atoms with Crippen molar-refractivity contribution in [3.63, 3.8) is 0 Å². The van der Waals surface area contributed by atoms with Gasteiger partial charge in [0.1, 0.15) is 18.7 Å². The number of carbonyl (C=O) groups excluding carboxylic acids is 2. The third-order valence-electron chi connectivity index (χ3n) is 6.19. The number of benzene rings is 2. The lowest BCUT2D eigenvalue weighted by molar-refractivity contribution is -0.142. The zero-order valence-corrected chi connectivity index (χ0v) is 20.7. The Hall–Kier alpha value is -3.39. The van der Waals surface area contributed by atoms with Gasteiger partial charge in [-0.2, -0.15) is 0 Å². The molecule has 2 aromatic rings. The maximum atomic E-state index is 13.0. The Bertz CT molecular complexity index is 1020. The molecule has 2 unspecified atom stereocenters. The van der Waals surface area contributed by atoms with Gasteiger partial charge in [0.15, 0.2) is 0 Å². The largest absolute Gasteiger partial charge is 0.480 e. The van der Waals surface area contributed by atoms with Crippen LogP contribution in [0.5, 0.6) is 0 Å². The summed E-state index contributed by atoms with van der Waals surface area (Å²) in [5.74, 6) is -1.81. The summed E-state index contributed by atoms with van der Waals surface area (Å²) in [5, 5.41) is 14.7. The molecule has 0 saturated carbocycles. The summed E-state index contributed by atoms with van der Waals surface area (Å²) in [6.07, 6.45) is -0.0297. The Morgan fingerprint density at radius 1 is 0.971 bits per heavy atom. The number of alkyl carbamates (subject to hydrolysis) is 1. The van der Waals surface area contributed by atoms with Crippen molar-refractivity contribution in [2.75, 3.05) is 20.3 Å². The molecule has 8 heteroatoms. The average Bonchev–Trinajstić information content (AvgIpc) is 3.13. The van der Waals surface area contributed by atoms with Crippen molar-refractivity contribution < 1.29 is 29.0 Å². The van der Waals surface area contributed by atoms with Gasteiger partial charge in [0, 0.05) is 19.6 Å². The van der Waals surface area contributed by atoms with E-state index < -0.39 is 35.5 Å². The summed E-state index contributed by atoms with van der Waals surface area (Å²) in [6.45, 7) is 5.89. The summed E-state index contributed by atoms with van der Waals surface area (Å²) < 4.78 is 10.5. The zero-order chi connectivity index (χ0) is 25.6. The van der Waals surface area contributed by atoms with Crippen LogP contribution in [0.1, 0.15) is 50.7 Å². The normalized spacial score (nSPS) is 14.4. The molecular formula is C27H34N2O6. The molecule has 1 aliphatic carbocycles. The van der Waals surface area contributed by atoms with E-state index in [1.165, 1.54) is 7.11 Å². The fourth-order valence-corrected chi connectivity index (χ4v) is 4.38. The van der Waals surface area contributed by atoms with Crippen LogP contribution in [-0.4, -0.2) is 55.5 Å². The Kier molecular flexibility index (Phi) is 8.51. The van der Waals surface area contributed by atoms with Crippen LogP contribution in [0.4, 0.5) is 4.79 Å². The molecule has 0 radical (unpaired) electrons. The van der Waals surface area contributed by atoms with Crippen molar-refractivity contribution in [3.8, 4) is 11.1 Å². The molecule has 2 aromatic carbocycles. The number of ether oxygens (including phenoxy) is 2. The Morgan fingerprint density at radius 3 is 2.06 bits per heavy atom. The number of carbonyl (C=O) groups is 3. The van der Waals surface area contributed by atoms with Gasteiger partial charge in [0.2, 0.25) is 5.91 Å². The SMILES string of the molecule is COCCCC(NC(=O)C(NC(=O)OCC1c2ccccc2-c2ccccc21)C(C)(C)C)C(=O)O. The van der Waals surface area contributed by atoms with E-state index in [1.807, 2.05) is 36.4 Å². The number of carboxylic acid groups (broad SMARTS) is 1. The van der Waals surface area contributed by atoms with Gasteiger partial charge in [0.25, 0.3) is 0 Å². The highest BCUT2D eigenvalue weighted by Gasteiger charge is 2.36. The Balaban J connectivity index is 1.66. The lowest BCUT2D eigenvalue weighted by Gasteiger charge is -2.31. The first kappa shape index (κ1) is 26.2. The number of rotatable bonds is 10. The number of nitrogens with one attached hydrogen (secondary N) is 2. The number of methoxy groups -OCH3 is 1. The van der Waals surface area contributed by atoms with E-state index in [1.54, 1.807) is 20.8 Å². The third-order valence-corrected chi connectivity index (χ3v) is 6.19. The average molecular weight is 483 g/mol. The summed E-state index contributed by atoms with van der Waals surface area (Å²) in [5.41, 5.74) is 3.75. The predicted octanol–water partition coefficient (Wildman–Crippen LogP) is 3.94. The van der Waals surface area contributed by atoms with Crippen LogP contribution in [0.2, 0.25) is 0 Å². The van der Waals surface area contributed by atoms with E-state index in [9.17, 15) is 19.5 Å². The van der Waals surface area contributed by atoms with E-state index in [2.05, 4.69) is 22.8 Å². The first-order valence-corrected chi connectivity index (χ1v) is 11.8. The second-order valence-corrected chi connectivity index (χ2v) is 9.80. The van der Waals surface area contributed by atoms with Gasteiger partial charge in [-0.15, -0.1) is 0 Å². The first-order chi connectivity index (χ1) is 16.6. The lowest BCUT2D eigenvalue weighted by Crippen LogP contribution is -2.56. The van der Waals surface area contributed by atoms with Crippen molar-refractivity contribution >= 4 is 18.0 Å². The number of amides is 2. The van der Waals surface area contributed by atoms with E-state index in [-0.39, 0.29) is 18.9 Å². The quantitative estimate of drug-likeness (QED) is 0.442. The molecule has 2 amide bonds. The van der Waals surface area contributed by atoms with Gasteiger partial charge in [-0.25, -0.2) is 9.59 Å². The molecule has 2 atom stereocenters. The van der Waals surface area contributed by atoms with Crippen LogP contribution in [-0.2, 0) is 19.1 Å². The van der Waals surface area contributed by atoms with Crippen molar-refractivity contribution in [2.24, 2.45) is 5.41 Å². The van der Waals surface area contributed by atoms with E-state index in [0.29, 0.717) is 13.0 Å². The van der Waals surface area contributed by atoms with E-state index in [4.69, 9.17) is 9.47 Å². The van der Waals surface area contributed by atoms with Crippen LogP contribution >= 0.6 is 0 Å². The van der Waals surface area contributed by atoms with Crippen molar-refractivity contribution in [1.82, 2.24) is 10.6 Å². The van der Waals surface area contributed by atoms with Gasteiger partial charge in [-0.1, -0.05) is 69.3 Å². The van der Waals surface area contributed by atoms with E-state index in [0.717, 1.165) is 22.3 Å². The number of carboxylic acids is 1.